The Labute approximate surface area is 162 Å². The normalized spacial score (nSPS) is 10.0. The second kappa shape index (κ2) is 8.64. The topological polar surface area (TPSA) is 87.3 Å². The lowest BCUT2D eigenvalue weighted by atomic mass is 10.1. The van der Waals surface area contributed by atoms with Crippen LogP contribution in [0.1, 0.15) is 27.6 Å². The maximum Gasteiger partial charge on any atom is 0.255 e. The predicted octanol–water partition coefficient (Wildman–Crippen LogP) is 4.15. The van der Waals surface area contributed by atoms with Crippen LogP contribution in [-0.4, -0.2) is 17.7 Å². The Morgan fingerprint density at radius 2 is 1.04 bits per heavy atom. The van der Waals surface area contributed by atoms with Gasteiger partial charge in [0.2, 0.25) is 5.91 Å². The molecule has 28 heavy (non-hydrogen) atoms. The van der Waals surface area contributed by atoms with Crippen LogP contribution in [0.3, 0.4) is 0 Å². The Hall–Kier alpha value is -3.93. The number of para-hydroxylation sites is 1. The summed E-state index contributed by atoms with van der Waals surface area (Å²) in [6, 6.07) is 22.4. The Morgan fingerprint density at radius 1 is 0.571 bits per heavy atom. The zero-order valence-electron chi connectivity index (χ0n) is 15.2. The molecule has 0 aromatic heterocycles. The molecule has 3 N–H and O–H groups in total. The molecule has 3 aromatic rings. The minimum Gasteiger partial charge on any atom is -0.326 e. The summed E-state index contributed by atoms with van der Waals surface area (Å²) in [6.45, 7) is 1.43. The van der Waals surface area contributed by atoms with Crippen LogP contribution in [-0.2, 0) is 4.79 Å². The van der Waals surface area contributed by atoms with Gasteiger partial charge in [0.1, 0.15) is 0 Å². The second-order valence-corrected chi connectivity index (χ2v) is 6.11. The molecule has 0 radical (unpaired) electrons. The van der Waals surface area contributed by atoms with Gasteiger partial charge in [-0.3, -0.25) is 14.4 Å². The number of hydrogen-bond acceptors (Lipinski definition) is 3. The highest BCUT2D eigenvalue weighted by molar-refractivity contribution is 6.08. The summed E-state index contributed by atoms with van der Waals surface area (Å²) in [5.41, 5.74) is 2.66. The van der Waals surface area contributed by atoms with E-state index in [9.17, 15) is 14.4 Å². The summed E-state index contributed by atoms with van der Waals surface area (Å²) < 4.78 is 0. The number of rotatable bonds is 5. The zero-order chi connectivity index (χ0) is 19.9. The van der Waals surface area contributed by atoms with Crippen LogP contribution >= 0.6 is 0 Å². The summed E-state index contributed by atoms with van der Waals surface area (Å²) in [5.74, 6) is -0.787. The molecule has 0 saturated carbocycles. The van der Waals surface area contributed by atoms with Gasteiger partial charge < -0.3 is 16.0 Å². The molecule has 140 valence electrons. The van der Waals surface area contributed by atoms with Crippen molar-refractivity contribution < 1.29 is 14.4 Å². The average molecular weight is 373 g/mol. The first-order valence-corrected chi connectivity index (χ1v) is 8.67. The molecule has 6 heteroatoms. The summed E-state index contributed by atoms with van der Waals surface area (Å²) in [6.07, 6.45) is 0. The third-order valence-electron chi connectivity index (χ3n) is 3.88. The SMILES string of the molecule is CC(=O)Nc1ccc(NC(=O)c2cccc(C(=O)Nc3ccccc3)c2)cc1. The van der Waals surface area contributed by atoms with Crippen LogP contribution in [0.2, 0.25) is 0 Å². The van der Waals surface area contributed by atoms with Crippen LogP contribution < -0.4 is 16.0 Å². The van der Waals surface area contributed by atoms with E-state index in [1.54, 1.807) is 60.7 Å². The van der Waals surface area contributed by atoms with E-state index in [4.69, 9.17) is 0 Å². The van der Waals surface area contributed by atoms with Crippen molar-refractivity contribution in [3.63, 3.8) is 0 Å². The van der Waals surface area contributed by atoms with E-state index in [0.29, 0.717) is 28.2 Å². The van der Waals surface area contributed by atoms with E-state index in [1.165, 1.54) is 6.92 Å². The fourth-order valence-electron chi connectivity index (χ4n) is 2.57. The highest BCUT2D eigenvalue weighted by Crippen LogP contribution is 2.16. The van der Waals surface area contributed by atoms with Crippen molar-refractivity contribution >= 4 is 34.8 Å². The monoisotopic (exact) mass is 373 g/mol. The second-order valence-electron chi connectivity index (χ2n) is 6.11. The predicted molar refractivity (Wildman–Crippen MR) is 110 cm³/mol. The van der Waals surface area contributed by atoms with Crippen LogP contribution in [0.5, 0.6) is 0 Å². The van der Waals surface area contributed by atoms with Gasteiger partial charge in [0.15, 0.2) is 0 Å². The van der Waals surface area contributed by atoms with Crippen LogP contribution in [0.15, 0.2) is 78.9 Å². The third-order valence-corrected chi connectivity index (χ3v) is 3.88. The number of benzene rings is 3. The molecular weight excluding hydrogens is 354 g/mol. The molecule has 0 spiro atoms. The van der Waals surface area contributed by atoms with Crippen molar-refractivity contribution in [2.45, 2.75) is 6.92 Å². The van der Waals surface area contributed by atoms with E-state index in [1.807, 2.05) is 18.2 Å². The van der Waals surface area contributed by atoms with E-state index in [0.717, 1.165) is 0 Å². The Bertz CT molecular complexity index is 999. The van der Waals surface area contributed by atoms with Crippen LogP contribution in [0.4, 0.5) is 17.1 Å². The van der Waals surface area contributed by atoms with Gasteiger partial charge in [0, 0.05) is 35.1 Å². The van der Waals surface area contributed by atoms with E-state index < -0.39 is 0 Å². The fourth-order valence-corrected chi connectivity index (χ4v) is 2.57. The number of carbonyl (C=O) groups is 3. The molecule has 3 aromatic carbocycles. The summed E-state index contributed by atoms with van der Waals surface area (Å²) in [4.78, 5) is 35.9. The van der Waals surface area contributed by atoms with Gasteiger partial charge in [0.25, 0.3) is 11.8 Å². The van der Waals surface area contributed by atoms with Crippen molar-refractivity contribution in [2.75, 3.05) is 16.0 Å². The molecule has 0 aliphatic carbocycles. The quantitative estimate of drug-likeness (QED) is 0.628. The average Bonchev–Trinajstić information content (AvgIpc) is 2.70. The van der Waals surface area contributed by atoms with Gasteiger partial charge in [-0.15, -0.1) is 0 Å². The minimum atomic E-state index is -0.332. The van der Waals surface area contributed by atoms with E-state index >= 15 is 0 Å². The standard InChI is InChI=1S/C22H19N3O3/c1-15(26)23-19-10-12-20(13-11-19)25-22(28)17-7-5-6-16(14-17)21(27)24-18-8-3-2-4-9-18/h2-14H,1H3,(H,23,26)(H,24,27)(H,25,28). The lowest BCUT2D eigenvalue weighted by Gasteiger charge is -2.09. The number of anilines is 3. The first kappa shape index (κ1) is 18.8. The Morgan fingerprint density at radius 3 is 1.54 bits per heavy atom. The van der Waals surface area contributed by atoms with Crippen molar-refractivity contribution in [3.05, 3.63) is 90.0 Å². The van der Waals surface area contributed by atoms with Gasteiger partial charge in [-0.1, -0.05) is 24.3 Å². The molecule has 0 unspecified atom stereocenters. The lowest BCUT2D eigenvalue weighted by molar-refractivity contribution is -0.114. The maximum atomic E-state index is 12.5. The first-order chi connectivity index (χ1) is 13.5. The Kier molecular flexibility index (Phi) is 5.81. The van der Waals surface area contributed by atoms with Gasteiger partial charge in [0.05, 0.1) is 0 Å². The molecule has 0 aliphatic rings. The molecule has 0 saturated heterocycles. The third kappa shape index (κ3) is 5.04. The molecule has 0 aliphatic heterocycles. The van der Waals surface area contributed by atoms with Crippen molar-refractivity contribution in [1.82, 2.24) is 0 Å². The largest absolute Gasteiger partial charge is 0.326 e. The lowest BCUT2D eigenvalue weighted by Crippen LogP contribution is -2.15. The van der Waals surface area contributed by atoms with Gasteiger partial charge >= 0.3 is 0 Å². The molecule has 0 atom stereocenters. The fraction of sp³-hybridized carbons (Fsp3) is 0.0455. The molecule has 6 nitrogen and oxygen atoms in total. The van der Waals surface area contributed by atoms with Crippen molar-refractivity contribution in [1.29, 1.82) is 0 Å². The molecule has 3 rings (SSSR count). The van der Waals surface area contributed by atoms with Crippen molar-refractivity contribution in [3.8, 4) is 0 Å². The van der Waals surface area contributed by atoms with Gasteiger partial charge in [-0.25, -0.2) is 0 Å². The van der Waals surface area contributed by atoms with Gasteiger partial charge in [-0.2, -0.15) is 0 Å². The zero-order valence-corrected chi connectivity index (χ0v) is 15.2. The summed E-state index contributed by atoms with van der Waals surface area (Å²) in [7, 11) is 0. The highest BCUT2D eigenvalue weighted by Gasteiger charge is 2.11. The smallest absolute Gasteiger partial charge is 0.255 e. The number of carbonyl (C=O) groups excluding carboxylic acids is 3. The Balaban J connectivity index is 1.68. The van der Waals surface area contributed by atoms with Crippen LogP contribution in [0, 0.1) is 0 Å². The summed E-state index contributed by atoms with van der Waals surface area (Å²) >= 11 is 0. The molecule has 0 bridgehead atoms. The highest BCUT2D eigenvalue weighted by atomic mass is 16.2. The van der Waals surface area contributed by atoms with Crippen LogP contribution in [0.25, 0.3) is 0 Å². The molecule has 0 heterocycles. The van der Waals surface area contributed by atoms with E-state index in [-0.39, 0.29) is 17.7 Å². The van der Waals surface area contributed by atoms with E-state index in [2.05, 4.69) is 16.0 Å². The summed E-state index contributed by atoms with van der Waals surface area (Å²) in [5, 5.41) is 8.22. The maximum absolute atomic E-state index is 12.5. The minimum absolute atomic E-state index is 0.164. The molecule has 0 fully saturated rings. The van der Waals surface area contributed by atoms with Gasteiger partial charge in [-0.05, 0) is 54.6 Å². The molecule has 3 amide bonds. The number of hydrogen-bond donors (Lipinski definition) is 3. The number of nitrogens with one attached hydrogen (secondary N) is 3. The number of amides is 3. The first-order valence-electron chi connectivity index (χ1n) is 8.67. The van der Waals surface area contributed by atoms with Crippen molar-refractivity contribution in [2.24, 2.45) is 0 Å². The molecular formula is C22H19N3O3.